The number of hydrogen-bond acceptors (Lipinski definition) is 4. The van der Waals surface area contributed by atoms with E-state index in [0.717, 1.165) is 27.6 Å². The van der Waals surface area contributed by atoms with Crippen LogP contribution in [-0.2, 0) is 4.79 Å². The maximum absolute atomic E-state index is 12.0. The Hall–Kier alpha value is -2.47. The molecule has 1 amide bonds. The molecule has 0 aliphatic carbocycles. The molecule has 0 fully saturated rings. The van der Waals surface area contributed by atoms with E-state index in [4.69, 9.17) is 9.72 Å². The quantitative estimate of drug-likeness (QED) is 0.639. The van der Waals surface area contributed by atoms with Crippen LogP contribution in [0.1, 0.15) is 20.8 Å². The molecule has 3 aromatic rings. The van der Waals surface area contributed by atoms with E-state index in [2.05, 4.69) is 9.88 Å². The summed E-state index contributed by atoms with van der Waals surface area (Å²) in [5.74, 6) is 1.18. The van der Waals surface area contributed by atoms with Crippen LogP contribution in [-0.4, -0.2) is 33.9 Å². The van der Waals surface area contributed by atoms with Crippen molar-refractivity contribution in [3.63, 3.8) is 0 Å². The Morgan fingerprint density at radius 2 is 1.92 bits per heavy atom. The molecule has 136 valence electrons. The molecule has 0 bridgehead atoms. The number of benzene rings is 2. The van der Waals surface area contributed by atoms with Gasteiger partial charge < -0.3 is 10.1 Å². The SMILES string of the molecule is CCOc1ccc(-n2c(SCC(=O)NC(C)C)nc3ccccc32)cc1. The highest BCUT2D eigenvalue weighted by Gasteiger charge is 2.14. The van der Waals surface area contributed by atoms with Crippen molar-refractivity contribution in [3.05, 3.63) is 48.5 Å². The van der Waals surface area contributed by atoms with E-state index in [9.17, 15) is 4.79 Å². The van der Waals surface area contributed by atoms with Crippen molar-refractivity contribution in [1.29, 1.82) is 0 Å². The topological polar surface area (TPSA) is 56.1 Å². The Kier molecular flexibility index (Phi) is 5.83. The van der Waals surface area contributed by atoms with Crippen LogP contribution in [0.3, 0.4) is 0 Å². The number of rotatable bonds is 7. The third kappa shape index (κ3) is 4.19. The molecule has 0 radical (unpaired) electrons. The Labute approximate surface area is 157 Å². The van der Waals surface area contributed by atoms with Gasteiger partial charge in [0.05, 0.1) is 23.4 Å². The fraction of sp³-hybridized carbons (Fsp3) is 0.300. The summed E-state index contributed by atoms with van der Waals surface area (Å²) >= 11 is 1.44. The van der Waals surface area contributed by atoms with Gasteiger partial charge in [-0.05, 0) is 57.2 Å². The van der Waals surface area contributed by atoms with Crippen molar-refractivity contribution < 1.29 is 9.53 Å². The van der Waals surface area contributed by atoms with Gasteiger partial charge in [-0.15, -0.1) is 0 Å². The normalized spacial score (nSPS) is 11.1. The molecule has 2 aromatic carbocycles. The van der Waals surface area contributed by atoms with Gasteiger partial charge in [0.2, 0.25) is 5.91 Å². The van der Waals surface area contributed by atoms with Gasteiger partial charge in [0.1, 0.15) is 5.75 Å². The minimum atomic E-state index is 0.00954. The molecular formula is C20H23N3O2S. The Bertz CT molecular complexity index is 888. The lowest BCUT2D eigenvalue weighted by Gasteiger charge is -2.11. The van der Waals surface area contributed by atoms with Crippen molar-refractivity contribution in [3.8, 4) is 11.4 Å². The number of fused-ring (bicyclic) bond motifs is 1. The van der Waals surface area contributed by atoms with E-state index in [0.29, 0.717) is 12.4 Å². The molecule has 1 aromatic heterocycles. The first-order chi connectivity index (χ1) is 12.6. The molecule has 0 aliphatic rings. The largest absolute Gasteiger partial charge is 0.494 e. The van der Waals surface area contributed by atoms with Gasteiger partial charge in [-0.3, -0.25) is 9.36 Å². The number of carbonyl (C=O) groups is 1. The van der Waals surface area contributed by atoms with E-state index in [-0.39, 0.29) is 11.9 Å². The summed E-state index contributed by atoms with van der Waals surface area (Å²) in [6.07, 6.45) is 0. The van der Waals surface area contributed by atoms with E-state index < -0.39 is 0 Å². The first-order valence-electron chi connectivity index (χ1n) is 8.71. The third-order valence-corrected chi connectivity index (χ3v) is 4.66. The molecule has 5 nitrogen and oxygen atoms in total. The van der Waals surface area contributed by atoms with Crippen LogP contribution in [0.2, 0.25) is 0 Å². The minimum absolute atomic E-state index is 0.00954. The van der Waals surface area contributed by atoms with Crippen LogP contribution < -0.4 is 10.1 Å². The van der Waals surface area contributed by atoms with Crippen LogP contribution >= 0.6 is 11.8 Å². The second kappa shape index (κ2) is 8.27. The lowest BCUT2D eigenvalue weighted by Crippen LogP contribution is -2.31. The zero-order chi connectivity index (χ0) is 18.5. The third-order valence-electron chi connectivity index (χ3n) is 3.72. The maximum atomic E-state index is 12.0. The average molecular weight is 369 g/mol. The minimum Gasteiger partial charge on any atom is -0.494 e. The summed E-state index contributed by atoms with van der Waals surface area (Å²) in [4.78, 5) is 16.7. The summed E-state index contributed by atoms with van der Waals surface area (Å²) in [6, 6.07) is 16.0. The van der Waals surface area contributed by atoms with Gasteiger partial charge in [-0.2, -0.15) is 0 Å². The Morgan fingerprint density at radius 3 is 2.62 bits per heavy atom. The summed E-state index contributed by atoms with van der Waals surface area (Å²) < 4.78 is 7.61. The zero-order valence-electron chi connectivity index (χ0n) is 15.2. The van der Waals surface area contributed by atoms with Crippen LogP contribution in [0.25, 0.3) is 16.7 Å². The first-order valence-corrected chi connectivity index (χ1v) is 9.70. The number of amides is 1. The highest BCUT2D eigenvalue weighted by Crippen LogP contribution is 2.28. The second-order valence-electron chi connectivity index (χ2n) is 6.16. The van der Waals surface area contributed by atoms with Crippen molar-refractivity contribution in [2.24, 2.45) is 0 Å². The molecule has 6 heteroatoms. The van der Waals surface area contributed by atoms with E-state index in [1.54, 1.807) is 0 Å². The number of thioether (sulfide) groups is 1. The number of imidazole rings is 1. The van der Waals surface area contributed by atoms with E-state index >= 15 is 0 Å². The van der Waals surface area contributed by atoms with Crippen molar-refractivity contribution in [2.75, 3.05) is 12.4 Å². The van der Waals surface area contributed by atoms with Gasteiger partial charge in [0.15, 0.2) is 5.16 Å². The molecule has 1 heterocycles. The molecule has 0 aliphatic heterocycles. The van der Waals surface area contributed by atoms with E-state index in [1.165, 1.54) is 11.8 Å². The average Bonchev–Trinajstić information content (AvgIpc) is 2.99. The van der Waals surface area contributed by atoms with Crippen LogP contribution in [0.5, 0.6) is 5.75 Å². The van der Waals surface area contributed by atoms with Gasteiger partial charge in [-0.1, -0.05) is 23.9 Å². The molecule has 0 spiro atoms. The molecule has 0 saturated carbocycles. The summed E-state index contributed by atoms with van der Waals surface area (Å²) in [5.41, 5.74) is 2.92. The fourth-order valence-corrected chi connectivity index (χ4v) is 3.54. The van der Waals surface area contributed by atoms with Crippen LogP contribution in [0.15, 0.2) is 53.7 Å². The lowest BCUT2D eigenvalue weighted by molar-refractivity contribution is -0.119. The second-order valence-corrected chi connectivity index (χ2v) is 7.10. The van der Waals surface area contributed by atoms with Gasteiger partial charge in [0.25, 0.3) is 0 Å². The molecule has 3 rings (SSSR count). The molecule has 1 N–H and O–H groups in total. The molecule has 0 saturated heterocycles. The molecule has 26 heavy (non-hydrogen) atoms. The Morgan fingerprint density at radius 1 is 1.19 bits per heavy atom. The first kappa shape index (κ1) is 18.3. The number of nitrogens with zero attached hydrogens (tertiary/aromatic N) is 2. The van der Waals surface area contributed by atoms with Crippen LogP contribution in [0.4, 0.5) is 0 Å². The summed E-state index contributed by atoms with van der Waals surface area (Å²) in [7, 11) is 0. The van der Waals surface area contributed by atoms with Crippen molar-refractivity contribution >= 4 is 28.7 Å². The zero-order valence-corrected chi connectivity index (χ0v) is 16.0. The summed E-state index contributed by atoms with van der Waals surface area (Å²) in [6.45, 7) is 6.52. The number of hydrogen-bond donors (Lipinski definition) is 1. The van der Waals surface area contributed by atoms with Crippen molar-refractivity contribution in [2.45, 2.75) is 32.0 Å². The number of para-hydroxylation sites is 2. The number of ether oxygens (including phenoxy) is 1. The van der Waals surface area contributed by atoms with E-state index in [1.807, 2.05) is 69.3 Å². The van der Waals surface area contributed by atoms with Gasteiger partial charge in [0, 0.05) is 11.7 Å². The summed E-state index contributed by atoms with van der Waals surface area (Å²) in [5, 5.41) is 3.71. The van der Waals surface area contributed by atoms with Crippen LogP contribution in [0, 0.1) is 0 Å². The smallest absolute Gasteiger partial charge is 0.230 e. The van der Waals surface area contributed by atoms with Crippen molar-refractivity contribution in [1.82, 2.24) is 14.9 Å². The number of carbonyl (C=O) groups excluding carboxylic acids is 1. The monoisotopic (exact) mass is 369 g/mol. The predicted molar refractivity (Wildman–Crippen MR) is 106 cm³/mol. The molecule has 0 atom stereocenters. The standard InChI is InChI=1S/C20H23N3O2S/c1-4-25-16-11-9-15(10-12-16)23-18-8-6-5-7-17(18)22-20(23)26-13-19(24)21-14(2)3/h5-12,14H,4,13H2,1-3H3,(H,21,24). The molecule has 0 unspecified atom stereocenters. The maximum Gasteiger partial charge on any atom is 0.230 e. The predicted octanol–water partition coefficient (Wildman–Crippen LogP) is 4.04. The molecular weight excluding hydrogens is 346 g/mol. The number of aromatic nitrogens is 2. The van der Waals surface area contributed by atoms with Gasteiger partial charge >= 0.3 is 0 Å². The highest BCUT2D eigenvalue weighted by atomic mass is 32.2. The highest BCUT2D eigenvalue weighted by molar-refractivity contribution is 7.99. The fourth-order valence-electron chi connectivity index (χ4n) is 2.70. The lowest BCUT2D eigenvalue weighted by atomic mass is 10.2. The number of nitrogens with one attached hydrogen (secondary N) is 1. The van der Waals surface area contributed by atoms with Gasteiger partial charge in [-0.25, -0.2) is 4.98 Å². The Balaban J connectivity index is 1.93.